The third-order valence-electron chi connectivity index (χ3n) is 3.16. The summed E-state index contributed by atoms with van der Waals surface area (Å²) in [6.07, 6.45) is -5.40. The lowest BCUT2D eigenvalue weighted by Crippen LogP contribution is -2.17. The Kier molecular flexibility index (Phi) is 4.66. The standard InChI is InChI=1S/C16H10F3N3O2S/c17-16(18,19)10-4-3-5-11(8-10)20-15(23)24-14-7-2-1-6-12(14)13-9-25-22-21-13/h1-9H,(H,20,23). The van der Waals surface area contributed by atoms with E-state index in [4.69, 9.17) is 4.74 Å². The molecular formula is C16H10F3N3O2S. The third kappa shape index (κ3) is 4.13. The van der Waals surface area contributed by atoms with Gasteiger partial charge in [-0.2, -0.15) is 13.2 Å². The predicted octanol–water partition coefficient (Wildman–Crippen LogP) is 4.83. The van der Waals surface area contributed by atoms with Crippen LogP contribution in [0.25, 0.3) is 11.3 Å². The van der Waals surface area contributed by atoms with Gasteiger partial charge in [-0.3, -0.25) is 5.32 Å². The summed E-state index contributed by atoms with van der Waals surface area (Å²) in [5.41, 5.74) is 0.204. The van der Waals surface area contributed by atoms with Gasteiger partial charge in [0.25, 0.3) is 0 Å². The van der Waals surface area contributed by atoms with Crippen molar-refractivity contribution in [2.75, 3.05) is 5.32 Å². The number of amides is 1. The van der Waals surface area contributed by atoms with E-state index < -0.39 is 17.8 Å². The van der Waals surface area contributed by atoms with Crippen molar-refractivity contribution in [3.63, 3.8) is 0 Å². The van der Waals surface area contributed by atoms with Gasteiger partial charge in [0.15, 0.2) is 0 Å². The van der Waals surface area contributed by atoms with Crippen LogP contribution in [0.5, 0.6) is 5.75 Å². The van der Waals surface area contributed by atoms with E-state index in [2.05, 4.69) is 14.9 Å². The summed E-state index contributed by atoms with van der Waals surface area (Å²) in [7, 11) is 0. The molecule has 0 aliphatic heterocycles. The second kappa shape index (κ2) is 6.89. The Labute approximate surface area is 144 Å². The van der Waals surface area contributed by atoms with Gasteiger partial charge in [-0.25, -0.2) is 4.79 Å². The van der Waals surface area contributed by atoms with Crippen LogP contribution in [-0.2, 0) is 6.18 Å². The molecule has 0 radical (unpaired) electrons. The van der Waals surface area contributed by atoms with E-state index in [-0.39, 0.29) is 11.4 Å². The van der Waals surface area contributed by atoms with Crippen LogP contribution in [0, 0.1) is 0 Å². The van der Waals surface area contributed by atoms with Gasteiger partial charge < -0.3 is 4.74 Å². The van der Waals surface area contributed by atoms with Crippen LogP contribution < -0.4 is 10.1 Å². The van der Waals surface area contributed by atoms with Crippen LogP contribution in [0.1, 0.15) is 5.56 Å². The predicted molar refractivity (Wildman–Crippen MR) is 86.4 cm³/mol. The van der Waals surface area contributed by atoms with Gasteiger partial charge in [-0.15, -0.1) is 5.10 Å². The fourth-order valence-electron chi connectivity index (χ4n) is 2.07. The van der Waals surface area contributed by atoms with Crippen LogP contribution >= 0.6 is 11.5 Å². The summed E-state index contributed by atoms with van der Waals surface area (Å²) in [5.74, 6) is 0.222. The second-order valence-corrected chi connectivity index (χ2v) is 5.49. The Bertz CT molecular complexity index is 882. The van der Waals surface area contributed by atoms with Crippen molar-refractivity contribution in [2.24, 2.45) is 0 Å². The van der Waals surface area contributed by atoms with Crippen molar-refractivity contribution in [1.29, 1.82) is 0 Å². The number of ether oxygens (including phenoxy) is 1. The molecule has 128 valence electrons. The Morgan fingerprint density at radius 1 is 1.12 bits per heavy atom. The summed E-state index contributed by atoms with van der Waals surface area (Å²) in [5, 5.41) is 7.88. The molecule has 0 unspecified atom stereocenters. The number of carbonyl (C=O) groups excluding carboxylic acids is 1. The van der Waals surface area contributed by atoms with Gasteiger partial charge in [0.1, 0.15) is 11.4 Å². The van der Waals surface area contributed by atoms with Crippen LogP contribution in [0.3, 0.4) is 0 Å². The highest BCUT2D eigenvalue weighted by Crippen LogP contribution is 2.31. The maximum atomic E-state index is 12.7. The van der Waals surface area contributed by atoms with E-state index in [0.717, 1.165) is 23.7 Å². The van der Waals surface area contributed by atoms with Crippen molar-refractivity contribution < 1.29 is 22.7 Å². The lowest BCUT2D eigenvalue weighted by Gasteiger charge is -2.11. The Morgan fingerprint density at radius 3 is 2.64 bits per heavy atom. The Balaban J connectivity index is 1.76. The quantitative estimate of drug-likeness (QED) is 0.722. The molecule has 9 heteroatoms. The molecule has 1 heterocycles. The normalized spacial score (nSPS) is 11.2. The van der Waals surface area contributed by atoms with Crippen LogP contribution in [0.15, 0.2) is 53.9 Å². The topological polar surface area (TPSA) is 64.1 Å². The van der Waals surface area contributed by atoms with Gasteiger partial charge in [-0.1, -0.05) is 22.7 Å². The van der Waals surface area contributed by atoms with E-state index in [0.29, 0.717) is 11.3 Å². The smallest absolute Gasteiger partial charge is 0.409 e. The Morgan fingerprint density at radius 2 is 1.92 bits per heavy atom. The molecule has 1 amide bonds. The van der Waals surface area contributed by atoms with Gasteiger partial charge in [0.05, 0.1) is 5.56 Å². The minimum atomic E-state index is -4.49. The van der Waals surface area contributed by atoms with Crippen molar-refractivity contribution in [1.82, 2.24) is 9.59 Å². The monoisotopic (exact) mass is 365 g/mol. The van der Waals surface area contributed by atoms with Gasteiger partial charge >= 0.3 is 12.3 Å². The lowest BCUT2D eigenvalue weighted by molar-refractivity contribution is -0.137. The summed E-state index contributed by atoms with van der Waals surface area (Å²) in [4.78, 5) is 12.0. The zero-order valence-electron chi connectivity index (χ0n) is 12.4. The molecule has 0 aliphatic carbocycles. The molecule has 0 saturated carbocycles. The molecule has 0 spiro atoms. The molecule has 0 saturated heterocycles. The molecule has 0 atom stereocenters. The number of nitrogens with one attached hydrogen (secondary N) is 1. The van der Waals surface area contributed by atoms with Gasteiger partial charge in [-0.05, 0) is 41.9 Å². The minimum absolute atomic E-state index is 0.0207. The SMILES string of the molecule is O=C(Nc1cccc(C(F)(F)F)c1)Oc1ccccc1-c1csnn1. The minimum Gasteiger partial charge on any atom is -0.409 e. The summed E-state index contributed by atoms with van der Waals surface area (Å²) in [6, 6.07) is 10.9. The van der Waals surface area contributed by atoms with Crippen LogP contribution in [0.2, 0.25) is 0 Å². The first-order valence-corrected chi connectivity index (χ1v) is 7.80. The summed E-state index contributed by atoms with van der Waals surface area (Å²) >= 11 is 1.14. The highest BCUT2D eigenvalue weighted by molar-refractivity contribution is 7.03. The number of carbonyl (C=O) groups is 1. The number of rotatable bonds is 3. The van der Waals surface area contributed by atoms with Crippen LogP contribution in [-0.4, -0.2) is 15.7 Å². The van der Waals surface area contributed by atoms with Crippen molar-refractivity contribution in [3.05, 3.63) is 59.5 Å². The number of halogens is 3. The fraction of sp³-hybridized carbons (Fsp3) is 0.0625. The average molecular weight is 365 g/mol. The highest BCUT2D eigenvalue weighted by atomic mass is 32.1. The zero-order chi connectivity index (χ0) is 17.9. The van der Waals surface area contributed by atoms with E-state index in [9.17, 15) is 18.0 Å². The average Bonchev–Trinajstić information content (AvgIpc) is 3.09. The lowest BCUT2D eigenvalue weighted by atomic mass is 10.1. The molecule has 1 N–H and O–H groups in total. The molecule has 5 nitrogen and oxygen atoms in total. The number of alkyl halides is 3. The molecule has 0 aliphatic rings. The van der Waals surface area contributed by atoms with Gasteiger partial charge in [0, 0.05) is 16.6 Å². The molecular weight excluding hydrogens is 355 g/mol. The molecule has 2 aromatic carbocycles. The van der Waals surface area contributed by atoms with Crippen molar-refractivity contribution in [2.45, 2.75) is 6.18 Å². The molecule has 0 bridgehead atoms. The highest BCUT2D eigenvalue weighted by Gasteiger charge is 2.30. The van der Waals surface area contributed by atoms with Crippen molar-refractivity contribution in [3.8, 4) is 17.0 Å². The van der Waals surface area contributed by atoms with Crippen LogP contribution in [0.4, 0.5) is 23.7 Å². The van der Waals surface area contributed by atoms with E-state index in [1.165, 1.54) is 12.1 Å². The number of nitrogens with zero attached hydrogens (tertiary/aromatic N) is 2. The number of hydrogen-bond donors (Lipinski definition) is 1. The first kappa shape index (κ1) is 16.9. The maximum Gasteiger partial charge on any atom is 0.417 e. The number of aromatic nitrogens is 2. The number of anilines is 1. The molecule has 3 aromatic rings. The van der Waals surface area contributed by atoms with E-state index in [1.807, 2.05) is 0 Å². The fourth-order valence-corrected chi connectivity index (χ4v) is 2.52. The summed E-state index contributed by atoms with van der Waals surface area (Å²) < 4.78 is 47.1. The first-order chi connectivity index (χ1) is 11.9. The number of hydrogen-bond acceptors (Lipinski definition) is 5. The number of benzene rings is 2. The number of para-hydroxylation sites is 1. The Hall–Kier alpha value is -2.94. The third-order valence-corrected chi connectivity index (χ3v) is 3.67. The maximum absolute atomic E-state index is 12.7. The second-order valence-electron chi connectivity index (χ2n) is 4.88. The van der Waals surface area contributed by atoms with Crippen molar-refractivity contribution >= 4 is 23.3 Å². The molecule has 1 aromatic heterocycles. The van der Waals surface area contributed by atoms with E-state index >= 15 is 0 Å². The zero-order valence-corrected chi connectivity index (χ0v) is 13.3. The molecule has 25 heavy (non-hydrogen) atoms. The molecule has 0 fully saturated rings. The largest absolute Gasteiger partial charge is 0.417 e. The first-order valence-electron chi connectivity index (χ1n) is 6.96. The molecule has 3 rings (SSSR count). The van der Waals surface area contributed by atoms with Gasteiger partial charge in [0.2, 0.25) is 0 Å². The van der Waals surface area contributed by atoms with E-state index in [1.54, 1.807) is 29.6 Å². The summed E-state index contributed by atoms with van der Waals surface area (Å²) in [6.45, 7) is 0.